The summed E-state index contributed by atoms with van der Waals surface area (Å²) in [7, 11) is 0. The van der Waals surface area contributed by atoms with Crippen molar-refractivity contribution < 1.29 is 46.1 Å². The van der Waals surface area contributed by atoms with Crippen LogP contribution in [0.3, 0.4) is 0 Å². The number of carbonyl (C=O) groups is 4. The van der Waals surface area contributed by atoms with Gasteiger partial charge in [0.2, 0.25) is 11.8 Å². The van der Waals surface area contributed by atoms with Gasteiger partial charge in [0, 0.05) is 19.6 Å². The Balaban J connectivity index is 0.000000642. The van der Waals surface area contributed by atoms with Gasteiger partial charge in [0.1, 0.15) is 5.60 Å². The van der Waals surface area contributed by atoms with Gasteiger partial charge in [-0.15, -0.1) is 0 Å². The average molecular weight is 501 g/mol. The summed E-state index contributed by atoms with van der Waals surface area (Å²) in [6, 6.07) is 0. The molecule has 0 heterocycles. The van der Waals surface area contributed by atoms with Crippen molar-refractivity contribution in [1.82, 2.24) is 16.0 Å². The largest absolute Gasteiger partial charge is 2.00 e. The molecule has 0 aromatic heterocycles. The molecule has 0 spiro atoms. The van der Waals surface area contributed by atoms with E-state index in [0.717, 1.165) is 0 Å². The Morgan fingerprint density at radius 3 is 1.64 bits per heavy atom. The van der Waals surface area contributed by atoms with E-state index in [-0.39, 0.29) is 41.8 Å². The molecule has 2 aliphatic carbocycles. The van der Waals surface area contributed by atoms with Gasteiger partial charge in [0.25, 0.3) is 0 Å². The zero-order chi connectivity index (χ0) is 24.0. The van der Waals surface area contributed by atoms with Gasteiger partial charge in [0.05, 0.1) is 18.3 Å². The standard InChI is InChI=1S/C14H21N2O3.C9H10NO3.Fe/c1-14(2,3)19-13(18)16-10-6-9-15-12(17)11-7-4-5-8-11;11-8(12)5-6-10-9(13)7-3-1-2-4-7;/h4-5,7-8H,6,9-10H2,1-3H3,(H,15,17)(H,16,18);1-4H,5-6H2,(H,10,13)(H,11,12);/q;;+2. The molecule has 10 radical (unpaired) electrons. The maximum Gasteiger partial charge on any atom is 2.00 e. The molecule has 10 heteroatoms. The number of aliphatic carboxylic acids is 1. The SMILES string of the molecule is CC(C)(C)OC(=O)NCCCNC(=O)[C]1[CH][CH][CH][CH]1.O=C(O)CCNC(=O)[C]1[CH][CH][CH][CH]1.[Fe+2]. The van der Waals surface area contributed by atoms with Gasteiger partial charge in [-0.2, -0.15) is 0 Å². The number of hydrogen-bond acceptors (Lipinski definition) is 5. The number of carbonyl (C=O) groups excluding carboxylic acids is 3. The number of nitrogens with one attached hydrogen (secondary N) is 3. The van der Waals surface area contributed by atoms with Gasteiger partial charge in [0.15, 0.2) is 0 Å². The van der Waals surface area contributed by atoms with Crippen LogP contribution >= 0.6 is 0 Å². The van der Waals surface area contributed by atoms with Crippen LogP contribution in [-0.4, -0.2) is 54.2 Å². The Kier molecular flexibility index (Phi) is 15.8. The van der Waals surface area contributed by atoms with Crippen LogP contribution < -0.4 is 16.0 Å². The van der Waals surface area contributed by atoms with Crippen LogP contribution in [0.5, 0.6) is 0 Å². The number of carboxylic acids is 1. The van der Waals surface area contributed by atoms with Gasteiger partial charge in [-0.05, 0) is 78.6 Å². The minimum atomic E-state index is -0.914. The predicted molar refractivity (Wildman–Crippen MR) is 118 cm³/mol. The first-order valence-corrected chi connectivity index (χ1v) is 10.3. The molecule has 180 valence electrons. The Morgan fingerprint density at radius 1 is 0.788 bits per heavy atom. The van der Waals surface area contributed by atoms with Gasteiger partial charge in [-0.25, -0.2) is 4.79 Å². The molecule has 2 rings (SSSR count). The Labute approximate surface area is 208 Å². The average Bonchev–Trinajstić information content (AvgIpc) is 3.40. The Bertz CT molecular complexity index is 612. The van der Waals surface area contributed by atoms with Crippen LogP contribution in [0.2, 0.25) is 0 Å². The summed E-state index contributed by atoms with van der Waals surface area (Å²) in [5, 5.41) is 16.2. The third-order valence-corrected chi connectivity index (χ3v) is 3.78. The minimum absolute atomic E-state index is 0. The zero-order valence-electron chi connectivity index (χ0n) is 19.0. The summed E-state index contributed by atoms with van der Waals surface area (Å²) < 4.78 is 5.09. The van der Waals surface area contributed by atoms with E-state index in [1.54, 1.807) is 38.5 Å². The molecule has 0 atom stereocenters. The second-order valence-corrected chi connectivity index (χ2v) is 7.78. The van der Waals surface area contributed by atoms with Crippen LogP contribution in [0.25, 0.3) is 0 Å². The second kappa shape index (κ2) is 16.8. The fraction of sp³-hybridized carbons (Fsp3) is 0.391. The van der Waals surface area contributed by atoms with E-state index < -0.39 is 17.7 Å². The molecule has 2 fully saturated rings. The van der Waals surface area contributed by atoms with Gasteiger partial charge < -0.3 is 25.8 Å². The Morgan fingerprint density at radius 2 is 1.21 bits per heavy atom. The van der Waals surface area contributed by atoms with E-state index in [2.05, 4.69) is 16.0 Å². The zero-order valence-corrected chi connectivity index (χ0v) is 20.1. The first kappa shape index (κ1) is 31.2. The Hall–Kier alpha value is -1.80. The van der Waals surface area contributed by atoms with Crippen LogP contribution in [0.1, 0.15) is 33.6 Å². The van der Waals surface area contributed by atoms with Crippen molar-refractivity contribution in [3.63, 3.8) is 0 Å². The van der Waals surface area contributed by atoms with Gasteiger partial charge in [-0.1, -0.05) is 0 Å². The molecule has 2 saturated carbocycles. The summed E-state index contributed by atoms with van der Waals surface area (Å²) >= 11 is 0. The second-order valence-electron chi connectivity index (χ2n) is 7.78. The molecule has 0 aliphatic heterocycles. The summed E-state index contributed by atoms with van der Waals surface area (Å²) in [6.07, 6.45) is 14.2. The summed E-state index contributed by atoms with van der Waals surface area (Å²) in [5.41, 5.74) is -0.490. The molecule has 33 heavy (non-hydrogen) atoms. The van der Waals surface area contributed by atoms with Crippen molar-refractivity contribution in [2.45, 2.75) is 39.2 Å². The monoisotopic (exact) mass is 501 g/mol. The van der Waals surface area contributed by atoms with E-state index in [0.29, 0.717) is 31.3 Å². The third-order valence-electron chi connectivity index (χ3n) is 3.78. The number of rotatable bonds is 9. The number of ether oxygens (including phenoxy) is 1. The fourth-order valence-corrected chi connectivity index (χ4v) is 2.33. The van der Waals surface area contributed by atoms with Crippen LogP contribution in [0.15, 0.2) is 0 Å². The first-order valence-electron chi connectivity index (χ1n) is 10.3. The van der Waals surface area contributed by atoms with Crippen molar-refractivity contribution in [3.8, 4) is 0 Å². The van der Waals surface area contributed by atoms with E-state index >= 15 is 0 Å². The van der Waals surface area contributed by atoms with Crippen LogP contribution in [-0.2, 0) is 36.2 Å². The molecule has 4 N–H and O–H groups in total. The van der Waals surface area contributed by atoms with Crippen molar-refractivity contribution in [3.05, 3.63) is 63.2 Å². The van der Waals surface area contributed by atoms with Crippen LogP contribution in [0.4, 0.5) is 4.79 Å². The normalized spacial score (nSPS) is 16.1. The first-order chi connectivity index (χ1) is 15.1. The van der Waals surface area contributed by atoms with E-state index in [4.69, 9.17) is 9.84 Å². The summed E-state index contributed by atoms with van der Waals surface area (Å²) in [5.74, 6) is -0.0261. The van der Waals surface area contributed by atoms with Crippen LogP contribution in [0, 0.1) is 63.2 Å². The van der Waals surface area contributed by atoms with E-state index in [9.17, 15) is 19.2 Å². The third kappa shape index (κ3) is 15.6. The molecule has 3 amide bonds. The van der Waals surface area contributed by atoms with E-state index in [1.165, 1.54) is 0 Å². The van der Waals surface area contributed by atoms with Crippen molar-refractivity contribution >= 4 is 23.9 Å². The molecular weight excluding hydrogens is 470 g/mol. The predicted octanol–water partition coefficient (Wildman–Crippen LogP) is 1.40. The van der Waals surface area contributed by atoms with E-state index in [1.807, 2.05) is 33.6 Å². The fourth-order valence-electron chi connectivity index (χ4n) is 2.33. The molecule has 0 saturated heterocycles. The molecule has 0 bridgehead atoms. The summed E-state index contributed by atoms with van der Waals surface area (Å²) in [6.45, 7) is 6.58. The molecule has 2 aliphatic rings. The van der Waals surface area contributed by atoms with Crippen molar-refractivity contribution in [2.24, 2.45) is 0 Å². The number of carboxylic acid groups (broad SMARTS) is 1. The van der Waals surface area contributed by atoms with Gasteiger partial charge in [-0.3, -0.25) is 14.4 Å². The maximum absolute atomic E-state index is 11.6. The number of alkyl carbamates (subject to hydrolysis) is 1. The maximum atomic E-state index is 11.6. The molecule has 0 aromatic rings. The quantitative estimate of drug-likeness (QED) is 0.279. The number of hydrogen-bond donors (Lipinski definition) is 4. The van der Waals surface area contributed by atoms with Gasteiger partial charge >= 0.3 is 29.1 Å². The smallest absolute Gasteiger partial charge is 0.481 e. The molecular formula is C23H31FeN3O6+2. The molecule has 9 nitrogen and oxygen atoms in total. The molecule has 0 aromatic carbocycles. The van der Waals surface area contributed by atoms with Crippen molar-refractivity contribution in [1.29, 1.82) is 0 Å². The minimum Gasteiger partial charge on any atom is -0.481 e. The number of amides is 3. The topological polar surface area (TPSA) is 134 Å². The summed E-state index contributed by atoms with van der Waals surface area (Å²) in [4.78, 5) is 44.2. The van der Waals surface area contributed by atoms with Crippen molar-refractivity contribution in [2.75, 3.05) is 19.6 Å². The molecule has 0 unspecified atom stereocenters.